The predicted octanol–water partition coefficient (Wildman–Crippen LogP) is 0.288. The molecule has 1 unspecified atom stereocenters. The molecular weight excluding hydrogens is 142 g/mol. The van der Waals surface area contributed by atoms with Gasteiger partial charge in [-0.15, -0.1) is 0 Å². The Labute approximate surface area is 65.9 Å². The highest BCUT2D eigenvalue weighted by Gasteiger charge is 2.57. The molecule has 62 valence electrons. The van der Waals surface area contributed by atoms with Crippen LogP contribution >= 0.6 is 0 Å². The van der Waals surface area contributed by atoms with Gasteiger partial charge in [-0.3, -0.25) is 4.79 Å². The maximum atomic E-state index is 10.8. The Bertz CT molecular complexity index is 185. The molecule has 2 aliphatic rings. The Morgan fingerprint density at radius 2 is 2.09 bits per heavy atom. The van der Waals surface area contributed by atoms with Gasteiger partial charge in [-0.25, -0.2) is 0 Å². The minimum absolute atomic E-state index is 0.119. The van der Waals surface area contributed by atoms with Crippen molar-refractivity contribution in [1.29, 1.82) is 0 Å². The number of carbonyl (C=O) groups excluding carboxylic acids is 1. The van der Waals surface area contributed by atoms with Crippen LogP contribution in [0.4, 0.5) is 0 Å². The molecule has 0 aromatic rings. The van der Waals surface area contributed by atoms with Crippen LogP contribution in [0.5, 0.6) is 0 Å². The molecule has 1 aliphatic heterocycles. The van der Waals surface area contributed by atoms with Crippen LogP contribution < -0.4 is 5.73 Å². The molecule has 0 radical (unpaired) electrons. The quantitative estimate of drug-likeness (QED) is 0.591. The molecule has 1 amide bonds. The zero-order valence-corrected chi connectivity index (χ0v) is 6.51. The normalized spacial score (nSPS) is 33.6. The summed E-state index contributed by atoms with van der Waals surface area (Å²) in [5.74, 6) is 0.0401. The van der Waals surface area contributed by atoms with Crippen molar-refractivity contribution in [3.05, 3.63) is 0 Å². The van der Waals surface area contributed by atoms with Crippen molar-refractivity contribution in [1.82, 2.24) is 0 Å². The first-order valence-corrected chi connectivity index (χ1v) is 4.12. The third kappa shape index (κ3) is 1.03. The average molecular weight is 155 g/mol. The number of rotatable bonds is 1. The molecule has 11 heavy (non-hydrogen) atoms. The number of hydrogen-bond acceptors (Lipinski definition) is 2. The van der Waals surface area contributed by atoms with Gasteiger partial charge in [-0.1, -0.05) is 0 Å². The fourth-order valence-electron chi connectivity index (χ4n) is 2.08. The first-order valence-electron chi connectivity index (χ1n) is 4.12. The monoisotopic (exact) mass is 155 g/mol. The van der Waals surface area contributed by atoms with Crippen molar-refractivity contribution in [3.8, 4) is 0 Å². The van der Waals surface area contributed by atoms with Crippen LogP contribution in [-0.2, 0) is 9.53 Å². The fraction of sp³-hybridized carbons (Fsp3) is 0.875. The van der Waals surface area contributed by atoms with Gasteiger partial charge in [0.1, 0.15) is 0 Å². The highest BCUT2D eigenvalue weighted by atomic mass is 16.5. The summed E-state index contributed by atoms with van der Waals surface area (Å²) in [5, 5.41) is 0. The second-order valence-electron chi connectivity index (χ2n) is 3.63. The summed E-state index contributed by atoms with van der Waals surface area (Å²) < 4.78 is 5.22. The Balaban J connectivity index is 1.99. The summed E-state index contributed by atoms with van der Waals surface area (Å²) in [7, 11) is 0. The topological polar surface area (TPSA) is 52.3 Å². The molecule has 2 N–H and O–H groups in total. The minimum atomic E-state index is -0.119. The highest BCUT2D eigenvalue weighted by molar-refractivity contribution is 5.80. The van der Waals surface area contributed by atoms with E-state index in [1.54, 1.807) is 0 Å². The zero-order chi connectivity index (χ0) is 7.90. The van der Waals surface area contributed by atoms with Crippen LogP contribution in [0.25, 0.3) is 0 Å². The van der Waals surface area contributed by atoms with Crippen molar-refractivity contribution in [2.45, 2.75) is 19.3 Å². The molecule has 2 rings (SSSR count). The third-order valence-corrected chi connectivity index (χ3v) is 3.02. The first kappa shape index (κ1) is 7.10. The van der Waals surface area contributed by atoms with E-state index in [1.807, 2.05) is 0 Å². The highest BCUT2D eigenvalue weighted by Crippen LogP contribution is 2.58. The lowest BCUT2D eigenvalue weighted by molar-refractivity contribution is -0.120. The van der Waals surface area contributed by atoms with Gasteiger partial charge >= 0.3 is 0 Å². The van der Waals surface area contributed by atoms with Crippen LogP contribution in [0.15, 0.2) is 0 Å². The van der Waals surface area contributed by atoms with Gasteiger partial charge in [0, 0.05) is 19.1 Å². The zero-order valence-electron chi connectivity index (χ0n) is 6.51. The summed E-state index contributed by atoms with van der Waals surface area (Å²) in [4.78, 5) is 10.8. The number of nitrogens with two attached hydrogens (primary N) is 1. The van der Waals surface area contributed by atoms with Crippen molar-refractivity contribution in [2.75, 3.05) is 13.2 Å². The summed E-state index contributed by atoms with van der Waals surface area (Å²) in [6, 6.07) is 0. The van der Waals surface area contributed by atoms with Crippen LogP contribution in [0.1, 0.15) is 19.3 Å². The van der Waals surface area contributed by atoms with E-state index in [1.165, 1.54) is 0 Å². The van der Waals surface area contributed by atoms with Crippen LogP contribution in [0.3, 0.4) is 0 Å². The SMILES string of the molecule is NC(=O)C1CC12CCOCC2. The van der Waals surface area contributed by atoms with Gasteiger partial charge in [0.15, 0.2) is 0 Å². The molecule has 1 saturated heterocycles. The van der Waals surface area contributed by atoms with E-state index in [0.29, 0.717) is 0 Å². The summed E-state index contributed by atoms with van der Waals surface area (Å²) in [6.45, 7) is 1.62. The van der Waals surface area contributed by atoms with E-state index >= 15 is 0 Å². The molecule has 0 bridgehead atoms. The molecule has 1 saturated carbocycles. The molecule has 3 nitrogen and oxygen atoms in total. The lowest BCUT2D eigenvalue weighted by Crippen LogP contribution is -2.24. The summed E-state index contributed by atoms with van der Waals surface area (Å²) >= 11 is 0. The standard InChI is InChI=1S/C8H13NO2/c9-7(10)6-5-8(6)1-3-11-4-2-8/h6H,1-5H2,(H2,9,10). The van der Waals surface area contributed by atoms with Gasteiger partial charge in [0.2, 0.25) is 5.91 Å². The van der Waals surface area contributed by atoms with E-state index in [0.717, 1.165) is 32.5 Å². The van der Waals surface area contributed by atoms with E-state index < -0.39 is 0 Å². The maximum Gasteiger partial charge on any atom is 0.221 e. The second-order valence-corrected chi connectivity index (χ2v) is 3.63. The van der Waals surface area contributed by atoms with Gasteiger partial charge in [0.05, 0.1) is 0 Å². The summed E-state index contributed by atoms with van der Waals surface area (Å²) in [6.07, 6.45) is 3.06. The largest absolute Gasteiger partial charge is 0.381 e. The number of carbonyl (C=O) groups is 1. The molecule has 1 atom stereocenters. The van der Waals surface area contributed by atoms with E-state index in [2.05, 4.69) is 0 Å². The Morgan fingerprint density at radius 1 is 1.45 bits per heavy atom. The molecule has 1 aliphatic carbocycles. The summed E-state index contributed by atoms with van der Waals surface area (Å²) in [5.41, 5.74) is 5.49. The Hall–Kier alpha value is -0.570. The van der Waals surface area contributed by atoms with Crippen LogP contribution in [-0.4, -0.2) is 19.1 Å². The molecule has 0 aromatic heterocycles. The number of hydrogen-bond donors (Lipinski definition) is 1. The lowest BCUT2D eigenvalue weighted by atomic mass is 9.94. The molecule has 2 fully saturated rings. The van der Waals surface area contributed by atoms with Gasteiger partial charge in [-0.2, -0.15) is 0 Å². The maximum absolute atomic E-state index is 10.8. The predicted molar refractivity (Wildman–Crippen MR) is 39.8 cm³/mol. The molecule has 1 spiro atoms. The van der Waals surface area contributed by atoms with Crippen LogP contribution in [0, 0.1) is 11.3 Å². The fourth-order valence-corrected chi connectivity index (χ4v) is 2.08. The minimum Gasteiger partial charge on any atom is -0.381 e. The average Bonchev–Trinajstić information content (AvgIpc) is 2.66. The molecule has 1 heterocycles. The van der Waals surface area contributed by atoms with Crippen molar-refractivity contribution in [2.24, 2.45) is 17.1 Å². The van der Waals surface area contributed by atoms with Gasteiger partial charge in [0.25, 0.3) is 0 Å². The Kier molecular flexibility index (Phi) is 1.42. The molecule has 3 heteroatoms. The molecule has 0 aromatic carbocycles. The van der Waals surface area contributed by atoms with Crippen molar-refractivity contribution >= 4 is 5.91 Å². The number of primary amides is 1. The van der Waals surface area contributed by atoms with E-state index in [-0.39, 0.29) is 17.2 Å². The second kappa shape index (κ2) is 2.21. The Morgan fingerprint density at radius 3 is 2.55 bits per heavy atom. The lowest BCUT2D eigenvalue weighted by Gasteiger charge is -2.21. The van der Waals surface area contributed by atoms with Gasteiger partial charge in [-0.05, 0) is 24.7 Å². The smallest absolute Gasteiger partial charge is 0.221 e. The van der Waals surface area contributed by atoms with Crippen molar-refractivity contribution < 1.29 is 9.53 Å². The van der Waals surface area contributed by atoms with E-state index in [4.69, 9.17) is 10.5 Å². The number of ether oxygens (including phenoxy) is 1. The third-order valence-electron chi connectivity index (χ3n) is 3.02. The van der Waals surface area contributed by atoms with Crippen LogP contribution in [0.2, 0.25) is 0 Å². The number of amides is 1. The molecular formula is C8H13NO2. The van der Waals surface area contributed by atoms with Gasteiger partial charge < -0.3 is 10.5 Å². The van der Waals surface area contributed by atoms with Crippen molar-refractivity contribution in [3.63, 3.8) is 0 Å². The van der Waals surface area contributed by atoms with E-state index in [9.17, 15) is 4.79 Å². The first-order chi connectivity index (χ1) is 5.25.